The zero-order chi connectivity index (χ0) is 25.0. The average Bonchev–Trinajstić information content (AvgIpc) is 3.49. The normalized spacial score (nSPS) is 15.8. The minimum atomic E-state index is -0.676. The number of rotatable bonds is 6. The van der Waals surface area contributed by atoms with Crippen molar-refractivity contribution in [3.63, 3.8) is 0 Å². The van der Waals surface area contributed by atoms with Crippen molar-refractivity contribution in [3.05, 3.63) is 120 Å². The van der Waals surface area contributed by atoms with Crippen molar-refractivity contribution in [3.8, 4) is 5.69 Å². The molecule has 1 N–H and O–H groups in total. The second-order valence-corrected chi connectivity index (χ2v) is 9.34. The van der Waals surface area contributed by atoms with E-state index in [1.807, 2.05) is 109 Å². The molecule has 1 aliphatic rings. The lowest BCUT2D eigenvalue weighted by Crippen LogP contribution is -2.53. The van der Waals surface area contributed by atoms with Crippen LogP contribution < -0.4 is 5.32 Å². The van der Waals surface area contributed by atoms with Crippen molar-refractivity contribution >= 4 is 11.8 Å². The molecule has 1 unspecified atom stereocenters. The van der Waals surface area contributed by atoms with E-state index in [0.717, 1.165) is 16.8 Å². The summed E-state index contributed by atoms with van der Waals surface area (Å²) in [5.41, 5.74) is 2.94. The predicted octanol–water partition coefficient (Wildman–Crippen LogP) is 4.92. The Kier molecular flexibility index (Phi) is 6.67. The van der Waals surface area contributed by atoms with Crippen LogP contribution in [-0.2, 0) is 10.2 Å². The molecule has 5 rings (SSSR count). The highest BCUT2D eigenvalue weighted by Gasteiger charge is 2.44. The van der Waals surface area contributed by atoms with Crippen LogP contribution in [0.2, 0.25) is 0 Å². The maximum atomic E-state index is 13.8. The molecule has 1 aliphatic heterocycles. The van der Waals surface area contributed by atoms with Gasteiger partial charge in [-0.05, 0) is 61.2 Å². The Balaban J connectivity index is 1.32. The third-order valence-corrected chi connectivity index (χ3v) is 7.20. The van der Waals surface area contributed by atoms with E-state index < -0.39 is 5.41 Å². The highest BCUT2D eigenvalue weighted by atomic mass is 16.2. The van der Waals surface area contributed by atoms with Gasteiger partial charge in [0.2, 0.25) is 5.91 Å². The van der Waals surface area contributed by atoms with Crippen LogP contribution in [0, 0.1) is 0 Å². The zero-order valence-corrected chi connectivity index (χ0v) is 20.4. The molecule has 6 heteroatoms. The van der Waals surface area contributed by atoms with Gasteiger partial charge in [-0.25, -0.2) is 4.68 Å². The van der Waals surface area contributed by atoms with Crippen LogP contribution in [0.4, 0.5) is 0 Å². The molecule has 36 heavy (non-hydrogen) atoms. The van der Waals surface area contributed by atoms with E-state index in [4.69, 9.17) is 0 Å². The molecule has 0 spiro atoms. The molecule has 6 nitrogen and oxygen atoms in total. The van der Waals surface area contributed by atoms with Gasteiger partial charge in [0.15, 0.2) is 0 Å². The molecule has 2 heterocycles. The predicted molar refractivity (Wildman–Crippen MR) is 140 cm³/mol. The second kappa shape index (κ2) is 10.2. The van der Waals surface area contributed by atoms with Gasteiger partial charge in [0.25, 0.3) is 5.91 Å². The first-order chi connectivity index (χ1) is 17.6. The van der Waals surface area contributed by atoms with E-state index in [1.165, 1.54) is 0 Å². The van der Waals surface area contributed by atoms with Crippen molar-refractivity contribution in [2.24, 2.45) is 0 Å². The van der Waals surface area contributed by atoms with E-state index in [2.05, 4.69) is 10.4 Å². The van der Waals surface area contributed by atoms with Gasteiger partial charge in [-0.1, -0.05) is 60.7 Å². The fourth-order valence-corrected chi connectivity index (χ4v) is 5.02. The maximum Gasteiger partial charge on any atom is 0.253 e. The summed E-state index contributed by atoms with van der Waals surface area (Å²) in [7, 11) is 0. The van der Waals surface area contributed by atoms with Gasteiger partial charge in [0, 0.05) is 31.0 Å². The summed E-state index contributed by atoms with van der Waals surface area (Å²) >= 11 is 0. The molecule has 0 saturated carbocycles. The van der Waals surface area contributed by atoms with E-state index in [0.29, 0.717) is 31.5 Å². The summed E-state index contributed by atoms with van der Waals surface area (Å²) in [5, 5.41) is 7.49. The summed E-state index contributed by atoms with van der Waals surface area (Å²) in [4.78, 5) is 28.9. The van der Waals surface area contributed by atoms with E-state index in [-0.39, 0.29) is 17.9 Å². The SMILES string of the molecule is CC(NC(=O)C1(c2ccccc2)CCN(C(=O)c2ccc(-n3cccn3)cc2)CC1)c1ccccc1. The van der Waals surface area contributed by atoms with Crippen LogP contribution >= 0.6 is 0 Å². The number of carbonyl (C=O) groups excluding carboxylic acids is 2. The Morgan fingerprint density at radius 3 is 2.11 bits per heavy atom. The third kappa shape index (κ3) is 4.67. The Morgan fingerprint density at radius 2 is 1.50 bits per heavy atom. The Hall–Kier alpha value is -4.19. The average molecular weight is 479 g/mol. The molecule has 4 aromatic rings. The van der Waals surface area contributed by atoms with Gasteiger partial charge >= 0.3 is 0 Å². The first-order valence-electron chi connectivity index (χ1n) is 12.4. The number of nitrogens with zero attached hydrogens (tertiary/aromatic N) is 3. The topological polar surface area (TPSA) is 67.2 Å². The minimum Gasteiger partial charge on any atom is -0.349 e. The third-order valence-electron chi connectivity index (χ3n) is 7.20. The van der Waals surface area contributed by atoms with Gasteiger partial charge in [-0.2, -0.15) is 5.10 Å². The molecule has 3 aromatic carbocycles. The smallest absolute Gasteiger partial charge is 0.253 e. The summed E-state index contributed by atoms with van der Waals surface area (Å²) in [6, 6.07) is 29.2. The van der Waals surface area contributed by atoms with Gasteiger partial charge < -0.3 is 10.2 Å². The Morgan fingerprint density at radius 1 is 0.861 bits per heavy atom. The highest BCUT2D eigenvalue weighted by molar-refractivity contribution is 5.95. The number of amides is 2. The molecule has 2 amide bonds. The first-order valence-corrected chi connectivity index (χ1v) is 12.4. The van der Waals surface area contributed by atoms with Crippen molar-refractivity contribution in [1.29, 1.82) is 0 Å². The fourth-order valence-electron chi connectivity index (χ4n) is 5.02. The van der Waals surface area contributed by atoms with Crippen LogP contribution in [-0.4, -0.2) is 39.6 Å². The van der Waals surface area contributed by atoms with Crippen LogP contribution in [0.5, 0.6) is 0 Å². The standard InChI is InChI=1S/C30H30N4O2/c1-23(24-9-4-2-5-10-24)32-29(36)30(26-11-6-3-7-12-26)17-21-33(22-18-30)28(35)25-13-15-27(16-14-25)34-20-8-19-31-34/h2-16,19-20,23H,17-18,21-22H2,1H3,(H,32,36). The lowest BCUT2D eigenvalue weighted by molar-refractivity contribution is -0.129. The monoisotopic (exact) mass is 478 g/mol. The van der Waals surface area contributed by atoms with Crippen LogP contribution in [0.25, 0.3) is 5.69 Å². The minimum absolute atomic E-state index is 0.0123. The van der Waals surface area contributed by atoms with E-state index in [1.54, 1.807) is 10.9 Å². The molecule has 0 bridgehead atoms. The van der Waals surface area contributed by atoms with Crippen LogP contribution in [0.3, 0.4) is 0 Å². The molecule has 1 aromatic heterocycles. The van der Waals surface area contributed by atoms with E-state index in [9.17, 15) is 9.59 Å². The number of benzene rings is 3. The van der Waals surface area contributed by atoms with Gasteiger partial charge in [-0.3, -0.25) is 9.59 Å². The fraction of sp³-hybridized carbons (Fsp3) is 0.233. The molecular weight excluding hydrogens is 448 g/mol. The molecular formula is C30H30N4O2. The maximum absolute atomic E-state index is 13.8. The van der Waals surface area contributed by atoms with Gasteiger partial charge in [-0.15, -0.1) is 0 Å². The Bertz CT molecular complexity index is 1290. The number of nitrogens with one attached hydrogen (secondary N) is 1. The van der Waals surface area contributed by atoms with Gasteiger partial charge in [0.05, 0.1) is 17.1 Å². The summed E-state index contributed by atoms with van der Waals surface area (Å²) in [6.07, 6.45) is 4.74. The Labute approximate surface area is 211 Å². The van der Waals surface area contributed by atoms with Crippen molar-refractivity contribution in [1.82, 2.24) is 20.0 Å². The summed E-state index contributed by atoms with van der Waals surface area (Å²) < 4.78 is 1.76. The molecule has 0 radical (unpaired) electrons. The van der Waals surface area contributed by atoms with Gasteiger partial charge in [0.1, 0.15) is 0 Å². The quantitative estimate of drug-likeness (QED) is 0.428. The number of carbonyl (C=O) groups is 2. The zero-order valence-electron chi connectivity index (χ0n) is 20.4. The first kappa shape index (κ1) is 23.5. The highest BCUT2D eigenvalue weighted by Crippen LogP contribution is 2.37. The summed E-state index contributed by atoms with van der Waals surface area (Å²) in [5.74, 6) is 0.00228. The lowest BCUT2D eigenvalue weighted by atomic mass is 9.71. The molecule has 1 atom stereocenters. The molecule has 0 aliphatic carbocycles. The number of aromatic nitrogens is 2. The number of hydrogen-bond donors (Lipinski definition) is 1. The van der Waals surface area contributed by atoms with Crippen LogP contribution in [0.15, 0.2) is 103 Å². The van der Waals surface area contributed by atoms with Crippen molar-refractivity contribution in [2.75, 3.05) is 13.1 Å². The number of piperidine rings is 1. The summed E-state index contributed by atoms with van der Waals surface area (Å²) in [6.45, 7) is 3.04. The largest absolute Gasteiger partial charge is 0.349 e. The number of likely N-dealkylation sites (tertiary alicyclic amines) is 1. The number of hydrogen-bond acceptors (Lipinski definition) is 3. The molecule has 182 valence electrons. The van der Waals surface area contributed by atoms with Crippen LogP contribution in [0.1, 0.15) is 47.3 Å². The lowest BCUT2D eigenvalue weighted by Gasteiger charge is -2.41. The van der Waals surface area contributed by atoms with E-state index >= 15 is 0 Å². The van der Waals surface area contributed by atoms with Crippen molar-refractivity contribution in [2.45, 2.75) is 31.2 Å². The second-order valence-electron chi connectivity index (χ2n) is 9.34. The molecule has 1 saturated heterocycles. The molecule has 1 fully saturated rings. The van der Waals surface area contributed by atoms with Crippen molar-refractivity contribution < 1.29 is 9.59 Å².